The minimum Gasteiger partial charge on any atom is -0.435 e. The number of benzene rings is 1. The first-order valence-corrected chi connectivity index (χ1v) is 9.63. The molecular formula is C21H25F5N4O3. The quantitative estimate of drug-likeness (QED) is 0.249. The van der Waals surface area contributed by atoms with E-state index < -0.39 is 25.4 Å². The van der Waals surface area contributed by atoms with Crippen molar-refractivity contribution >= 4 is 17.7 Å². The fourth-order valence-electron chi connectivity index (χ4n) is 2.49. The molecule has 1 atom stereocenters. The third-order valence-electron chi connectivity index (χ3n) is 4.00. The summed E-state index contributed by atoms with van der Waals surface area (Å²) in [6.07, 6.45) is -2.31. The minimum atomic E-state index is -4.34. The van der Waals surface area contributed by atoms with E-state index in [1.54, 1.807) is 12.1 Å². The number of pyridine rings is 1. The van der Waals surface area contributed by atoms with E-state index in [0.29, 0.717) is 28.8 Å². The molecule has 4 N–H and O–H groups in total. The Kier molecular flexibility index (Phi) is 10.8. The van der Waals surface area contributed by atoms with Crippen molar-refractivity contribution in [1.82, 2.24) is 10.3 Å². The SMILES string of the molecule is CC(C)Nc1cc(C=O)cnc1C(=N)c1cccc(OC(F)F)c1.CNC(CO)C(F)(F)F. The van der Waals surface area contributed by atoms with Gasteiger partial charge < -0.3 is 20.5 Å². The van der Waals surface area contributed by atoms with Gasteiger partial charge in [0.2, 0.25) is 0 Å². The van der Waals surface area contributed by atoms with Crippen LogP contribution in [0.1, 0.15) is 35.5 Å². The van der Waals surface area contributed by atoms with Crippen LogP contribution in [-0.2, 0) is 0 Å². The number of halogens is 5. The van der Waals surface area contributed by atoms with E-state index in [0.717, 1.165) is 7.05 Å². The number of hydrogen-bond donors (Lipinski definition) is 4. The summed E-state index contributed by atoms with van der Waals surface area (Å²) < 4.78 is 63.5. The summed E-state index contributed by atoms with van der Waals surface area (Å²) in [6, 6.07) is 5.74. The van der Waals surface area contributed by atoms with Crippen molar-refractivity contribution in [2.75, 3.05) is 19.0 Å². The number of carbonyl (C=O) groups is 1. The van der Waals surface area contributed by atoms with E-state index in [1.807, 2.05) is 19.2 Å². The van der Waals surface area contributed by atoms with Crippen LogP contribution in [-0.4, -0.2) is 60.6 Å². The molecule has 0 amide bonds. The Morgan fingerprint density at radius 1 is 1.27 bits per heavy atom. The van der Waals surface area contributed by atoms with Crippen LogP contribution in [0.5, 0.6) is 5.75 Å². The van der Waals surface area contributed by atoms with Crippen molar-refractivity contribution in [2.24, 2.45) is 0 Å². The van der Waals surface area contributed by atoms with Crippen molar-refractivity contribution < 1.29 is 36.6 Å². The number of ether oxygens (including phenoxy) is 1. The van der Waals surface area contributed by atoms with Gasteiger partial charge in [-0.15, -0.1) is 0 Å². The van der Waals surface area contributed by atoms with E-state index in [1.165, 1.54) is 24.4 Å². The number of aromatic nitrogens is 1. The number of rotatable bonds is 9. The van der Waals surface area contributed by atoms with Crippen LogP contribution in [0.4, 0.5) is 27.6 Å². The van der Waals surface area contributed by atoms with Crippen LogP contribution in [0, 0.1) is 5.41 Å². The highest BCUT2D eigenvalue weighted by Gasteiger charge is 2.37. The van der Waals surface area contributed by atoms with Gasteiger partial charge in [0.05, 0.1) is 18.0 Å². The molecule has 0 aliphatic rings. The Labute approximate surface area is 187 Å². The van der Waals surface area contributed by atoms with E-state index in [9.17, 15) is 26.7 Å². The summed E-state index contributed by atoms with van der Waals surface area (Å²) in [4.78, 5) is 15.1. The van der Waals surface area contributed by atoms with Gasteiger partial charge in [-0.1, -0.05) is 12.1 Å². The number of anilines is 1. The number of nitrogens with zero attached hydrogens (tertiary/aromatic N) is 1. The number of likely N-dealkylation sites (N-methyl/N-ethyl adjacent to an activating group) is 1. The standard InChI is InChI=1S/C17H17F2N3O2.C4H8F3NO/c1-10(2)22-14-6-11(9-23)8-21-16(14)15(20)12-4-3-5-13(7-12)24-17(18)19;1-8-3(2-9)4(5,6)7/h3-10,17,20,22H,1-2H3;3,8-9H,2H2,1H3. The largest absolute Gasteiger partial charge is 0.435 e. The molecule has 0 saturated heterocycles. The van der Waals surface area contributed by atoms with Gasteiger partial charge in [0, 0.05) is 23.4 Å². The molecule has 1 unspecified atom stereocenters. The molecule has 0 bridgehead atoms. The Bertz CT molecular complexity index is 919. The summed E-state index contributed by atoms with van der Waals surface area (Å²) >= 11 is 0. The average Bonchev–Trinajstić information content (AvgIpc) is 2.73. The first-order valence-electron chi connectivity index (χ1n) is 9.63. The lowest BCUT2D eigenvalue weighted by Gasteiger charge is -2.15. The van der Waals surface area contributed by atoms with Gasteiger partial charge in [-0.25, -0.2) is 0 Å². The van der Waals surface area contributed by atoms with E-state index in [2.05, 4.69) is 15.0 Å². The third kappa shape index (κ3) is 9.10. The molecular weight excluding hydrogens is 451 g/mol. The van der Waals surface area contributed by atoms with Crippen LogP contribution < -0.4 is 15.4 Å². The highest BCUT2D eigenvalue weighted by molar-refractivity contribution is 6.13. The highest BCUT2D eigenvalue weighted by Crippen LogP contribution is 2.22. The second kappa shape index (κ2) is 12.8. The molecule has 0 radical (unpaired) electrons. The van der Waals surface area contributed by atoms with Gasteiger partial charge >= 0.3 is 12.8 Å². The Hall–Kier alpha value is -3.12. The lowest BCUT2D eigenvalue weighted by Crippen LogP contribution is -2.42. The zero-order valence-electron chi connectivity index (χ0n) is 18.1. The average molecular weight is 476 g/mol. The maximum Gasteiger partial charge on any atom is 0.406 e. The van der Waals surface area contributed by atoms with E-state index in [-0.39, 0.29) is 17.5 Å². The maximum absolute atomic E-state index is 12.3. The van der Waals surface area contributed by atoms with Crippen molar-refractivity contribution in [1.29, 1.82) is 5.41 Å². The molecule has 2 aromatic rings. The summed E-state index contributed by atoms with van der Waals surface area (Å²) in [5.74, 6) is -0.0323. The second-order valence-electron chi connectivity index (χ2n) is 6.93. The molecule has 7 nitrogen and oxygen atoms in total. The number of aliphatic hydroxyl groups is 1. The van der Waals surface area contributed by atoms with Crippen LogP contribution in [0.3, 0.4) is 0 Å². The number of aldehydes is 1. The fourth-order valence-corrected chi connectivity index (χ4v) is 2.49. The molecule has 33 heavy (non-hydrogen) atoms. The predicted octanol–water partition coefficient (Wildman–Crippen LogP) is 3.86. The summed E-state index contributed by atoms with van der Waals surface area (Å²) in [5.41, 5.74) is 1.65. The van der Waals surface area contributed by atoms with Gasteiger partial charge in [0.15, 0.2) is 6.29 Å². The minimum absolute atomic E-state index is 0.0323. The monoisotopic (exact) mass is 476 g/mol. The lowest BCUT2D eigenvalue weighted by atomic mass is 10.0. The Balaban J connectivity index is 0.000000513. The molecule has 2 rings (SSSR count). The molecule has 1 heterocycles. The van der Waals surface area contributed by atoms with Crippen LogP contribution in [0.25, 0.3) is 0 Å². The summed E-state index contributed by atoms with van der Waals surface area (Å²) in [6.45, 7) is -0.0199. The van der Waals surface area contributed by atoms with Crippen LogP contribution >= 0.6 is 0 Å². The Morgan fingerprint density at radius 3 is 2.39 bits per heavy atom. The van der Waals surface area contributed by atoms with Crippen molar-refractivity contribution in [3.8, 4) is 5.75 Å². The molecule has 1 aromatic carbocycles. The van der Waals surface area contributed by atoms with Crippen LogP contribution in [0.2, 0.25) is 0 Å². The maximum atomic E-state index is 12.3. The lowest BCUT2D eigenvalue weighted by molar-refractivity contribution is -0.162. The molecule has 0 fully saturated rings. The summed E-state index contributed by atoms with van der Waals surface area (Å²) in [5, 5.41) is 21.5. The van der Waals surface area contributed by atoms with Gasteiger partial charge in [-0.2, -0.15) is 22.0 Å². The zero-order valence-corrected chi connectivity index (χ0v) is 18.1. The van der Waals surface area contributed by atoms with Gasteiger partial charge in [-0.05, 0) is 39.1 Å². The highest BCUT2D eigenvalue weighted by atomic mass is 19.4. The van der Waals surface area contributed by atoms with E-state index in [4.69, 9.17) is 10.5 Å². The molecule has 12 heteroatoms. The van der Waals surface area contributed by atoms with Gasteiger partial charge in [-0.3, -0.25) is 15.2 Å². The molecule has 1 aromatic heterocycles. The first-order chi connectivity index (χ1) is 15.4. The van der Waals surface area contributed by atoms with Gasteiger partial charge in [0.1, 0.15) is 17.5 Å². The summed E-state index contributed by atoms with van der Waals surface area (Å²) in [7, 11) is 1.15. The molecule has 0 aliphatic carbocycles. The first kappa shape index (κ1) is 27.9. The van der Waals surface area contributed by atoms with Crippen molar-refractivity contribution in [3.63, 3.8) is 0 Å². The molecule has 182 valence electrons. The number of hydrogen-bond acceptors (Lipinski definition) is 7. The molecule has 0 aliphatic heterocycles. The fraction of sp³-hybridized carbons (Fsp3) is 0.381. The topological polar surface area (TPSA) is 107 Å². The molecule has 0 saturated carbocycles. The Morgan fingerprint density at radius 2 is 1.94 bits per heavy atom. The number of alkyl halides is 5. The van der Waals surface area contributed by atoms with Crippen molar-refractivity contribution in [3.05, 3.63) is 53.3 Å². The number of nitrogens with one attached hydrogen (secondary N) is 3. The van der Waals surface area contributed by atoms with Crippen molar-refractivity contribution in [2.45, 2.75) is 38.7 Å². The van der Waals surface area contributed by atoms with E-state index >= 15 is 0 Å². The smallest absolute Gasteiger partial charge is 0.406 e. The number of carbonyl (C=O) groups excluding carboxylic acids is 1. The second-order valence-corrected chi connectivity index (χ2v) is 6.93. The van der Waals surface area contributed by atoms with Crippen LogP contribution in [0.15, 0.2) is 36.5 Å². The number of aliphatic hydroxyl groups excluding tert-OH is 1. The third-order valence-corrected chi connectivity index (χ3v) is 4.00. The normalized spacial score (nSPS) is 12.1. The van der Waals surface area contributed by atoms with Gasteiger partial charge in [0.25, 0.3) is 0 Å². The zero-order chi connectivity index (χ0) is 25.2. The molecule has 0 spiro atoms. The predicted molar refractivity (Wildman–Crippen MR) is 113 cm³/mol.